The van der Waals surface area contributed by atoms with Crippen LogP contribution in [0.15, 0.2) is 6.07 Å². The summed E-state index contributed by atoms with van der Waals surface area (Å²) in [6, 6.07) is 2.23. The van der Waals surface area contributed by atoms with Crippen molar-refractivity contribution >= 4 is 11.2 Å². The van der Waals surface area contributed by atoms with E-state index in [0.29, 0.717) is 0 Å². The van der Waals surface area contributed by atoms with E-state index < -0.39 is 0 Å². The van der Waals surface area contributed by atoms with Crippen LogP contribution >= 0.6 is 0 Å². The van der Waals surface area contributed by atoms with Crippen molar-refractivity contribution in [3.05, 3.63) is 23.1 Å². The Bertz CT molecular complexity index is 565. The Morgan fingerprint density at radius 1 is 1.21 bits per heavy atom. The van der Waals surface area contributed by atoms with E-state index in [1.54, 1.807) is 0 Å². The van der Waals surface area contributed by atoms with E-state index in [2.05, 4.69) is 29.9 Å². The molecular weight excluding hydrogens is 234 g/mol. The average Bonchev–Trinajstić information content (AvgIpc) is 2.83. The molecule has 0 radical (unpaired) electrons. The maximum atomic E-state index is 4.78. The fraction of sp³-hybridized carbons (Fsp3) is 0.625. The summed E-state index contributed by atoms with van der Waals surface area (Å²) in [6.07, 6.45) is 9.04. The summed E-state index contributed by atoms with van der Waals surface area (Å²) in [5.74, 6) is 1.88. The van der Waals surface area contributed by atoms with Crippen LogP contribution < -0.4 is 0 Å². The van der Waals surface area contributed by atoms with Crippen LogP contribution in [0, 0.1) is 12.8 Å². The molecule has 0 spiro atoms. The topological polar surface area (TPSA) is 41.6 Å². The molecule has 0 bridgehead atoms. The Morgan fingerprint density at radius 2 is 2.00 bits per heavy atom. The summed E-state index contributed by atoms with van der Waals surface area (Å²) in [4.78, 5) is 12.7. The van der Waals surface area contributed by atoms with Crippen molar-refractivity contribution in [2.24, 2.45) is 5.92 Å². The fourth-order valence-corrected chi connectivity index (χ4v) is 3.22. The first kappa shape index (κ1) is 12.6. The number of aromatic amines is 1. The Kier molecular flexibility index (Phi) is 3.54. The van der Waals surface area contributed by atoms with E-state index in [1.165, 1.54) is 43.4 Å². The van der Waals surface area contributed by atoms with Gasteiger partial charge in [0.05, 0.1) is 0 Å². The van der Waals surface area contributed by atoms with Gasteiger partial charge in [0.25, 0.3) is 0 Å². The molecule has 3 rings (SSSR count). The van der Waals surface area contributed by atoms with E-state index in [-0.39, 0.29) is 0 Å². The molecule has 3 heteroatoms. The molecule has 102 valence electrons. The van der Waals surface area contributed by atoms with Crippen LogP contribution in [0.2, 0.25) is 0 Å². The van der Waals surface area contributed by atoms with E-state index in [4.69, 9.17) is 4.98 Å². The first-order valence-corrected chi connectivity index (χ1v) is 7.61. The number of hydrogen-bond acceptors (Lipinski definition) is 2. The molecule has 2 heterocycles. The van der Waals surface area contributed by atoms with Gasteiger partial charge >= 0.3 is 0 Å². The van der Waals surface area contributed by atoms with Gasteiger partial charge in [0.2, 0.25) is 0 Å². The highest BCUT2D eigenvalue weighted by molar-refractivity contribution is 5.74. The number of aromatic nitrogens is 3. The highest BCUT2D eigenvalue weighted by atomic mass is 15.0. The van der Waals surface area contributed by atoms with Gasteiger partial charge in [-0.15, -0.1) is 0 Å². The number of rotatable bonds is 3. The molecule has 0 saturated heterocycles. The lowest BCUT2D eigenvalue weighted by molar-refractivity contribution is 0.354. The molecule has 1 fully saturated rings. The molecule has 0 unspecified atom stereocenters. The standard InChI is InChI=1S/C16H23N3/c1-3-14-18-15-11(2)9-13(17-16(15)19-14)10-12-7-5-4-6-8-12/h9,12H,3-8,10H2,1-2H3,(H,17,18,19). The Morgan fingerprint density at radius 3 is 2.74 bits per heavy atom. The van der Waals surface area contributed by atoms with E-state index in [1.807, 2.05) is 0 Å². The van der Waals surface area contributed by atoms with Crippen molar-refractivity contribution in [3.63, 3.8) is 0 Å². The number of pyridine rings is 1. The second-order valence-electron chi connectivity index (χ2n) is 5.87. The molecule has 0 amide bonds. The zero-order chi connectivity index (χ0) is 13.2. The molecule has 1 aliphatic carbocycles. The van der Waals surface area contributed by atoms with Gasteiger partial charge in [-0.05, 0) is 30.9 Å². The van der Waals surface area contributed by atoms with Gasteiger partial charge in [0.15, 0.2) is 5.65 Å². The molecule has 0 atom stereocenters. The fourth-order valence-electron chi connectivity index (χ4n) is 3.22. The van der Waals surface area contributed by atoms with Gasteiger partial charge in [-0.1, -0.05) is 39.0 Å². The highest BCUT2D eigenvalue weighted by Crippen LogP contribution is 2.27. The number of imidazole rings is 1. The Labute approximate surface area is 114 Å². The summed E-state index contributed by atoms with van der Waals surface area (Å²) in [5, 5.41) is 0. The summed E-state index contributed by atoms with van der Waals surface area (Å²) in [5.41, 5.74) is 4.52. The van der Waals surface area contributed by atoms with Crippen LogP contribution in [0.3, 0.4) is 0 Å². The number of fused-ring (bicyclic) bond motifs is 1. The molecule has 3 nitrogen and oxygen atoms in total. The van der Waals surface area contributed by atoms with Gasteiger partial charge in [-0.2, -0.15) is 0 Å². The molecule has 1 aliphatic rings. The average molecular weight is 257 g/mol. The molecule has 0 aliphatic heterocycles. The number of nitrogens with zero attached hydrogens (tertiary/aromatic N) is 2. The lowest BCUT2D eigenvalue weighted by Crippen LogP contribution is -2.10. The normalized spacial score (nSPS) is 17.2. The smallest absolute Gasteiger partial charge is 0.157 e. The van der Waals surface area contributed by atoms with Gasteiger partial charge in [-0.3, -0.25) is 0 Å². The third-order valence-corrected chi connectivity index (χ3v) is 4.30. The summed E-state index contributed by atoms with van der Waals surface area (Å²) in [7, 11) is 0. The minimum absolute atomic E-state index is 0.840. The number of hydrogen-bond donors (Lipinski definition) is 1. The monoisotopic (exact) mass is 257 g/mol. The predicted octanol–water partition coefficient (Wildman–Crippen LogP) is 3.95. The van der Waals surface area contributed by atoms with Crippen LogP contribution in [0.5, 0.6) is 0 Å². The number of nitrogens with one attached hydrogen (secondary N) is 1. The second-order valence-corrected chi connectivity index (χ2v) is 5.87. The lowest BCUT2D eigenvalue weighted by atomic mass is 9.86. The van der Waals surface area contributed by atoms with Gasteiger partial charge in [-0.25, -0.2) is 9.97 Å². The number of aryl methyl sites for hydroxylation is 2. The molecule has 1 N–H and O–H groups in total. The summed E-state index contributed by atoms with van der Waals surface area (Å²) < 4.78 is 0. The minimum atomic E-state index is 0.840. The van der Waals surface area contributed by atoms with Crippen LogP contribution in [0.25, 0.3) is 11.2 Å². The first-order chi connectivity index (χ1) is 9.26. The van der Waals surface area contributed by atoms with Gasteiger partial charge in [0, 0.05) is 12.1 Å². The van der Waals surface area contributed by atoms with Gasteiger partial charge < -0.3 is 4.98 Å². The zero-order valence-electron chi connectivity index (χ0n) is 12.0. The maximum Gasteiger partial charge on any atom is 0.157 e. The molecule has 1 saturated carbocycles. The predicted molar refractivity (Wildman–Crippen MR) is 78.3 cm³/mol. The molecule has 2 aromatic rings. The summed E-state index contributed by atoms with van der Waals surface area (Å²) in [6.45, 7) is 4.27. The second kappa shape index (κ2) is 5.32. The van der Waals surface area contributed by atoms with Crippen molar-refractivity contribution in [2.75, 3.05) is 0 Å². The minimum Gasteiger partial charge on any atom is -0.327 e. The molecule has 0 aromatic carbocycles. The lowest BCUT2D eigenvalue weighted by Gasteiger charge is -2.21. The Hall–Kier alpha value is -1.38. The van der Waals surface area contributed by atoms with E-state index in [0.717, 1.165) is 35.7 Å². The van der Waals surface area contributed by atoms with Crippen molar-refractivity contribution in [3.8, 4) is 0 Å². The van der Waals surface area contributed by atoms with Crippen LogP contribution in [0.4, 0.5) is 0 Å². The summed E-state index contributed by atoms with van der Waals surface area (Å²) >= 11 is 0. The van der Waals surface area contributed by atoms with E-state index >= 15 is 0 Å². The van der Waals surface area contributed by atoms with Crippen molar-refractivity contribution < 1.29 is 0 Å². The molecule has 19 heavy (non-hydrogen) atoms. The Balaban J connectivity index is 1.87. The van der Waals surface area contributed by atoms with E-state index in [9.17, 15) is 0 Å². The van der Waals surface area contributed by atoms with Crippen LogP contribution in [0.1, 0.15) is 56.1 Å². The first-order valence-electron chi connectivity index (χ1n) is 7.61. The molecule has 2 aromatic heterocycles. The quantitative estimate of drug-likeness (QED) is 0.904. The van der Waals surface area contributed by atoms with Gasteiger partial charge in [0.1, 0.15) is 11.3 Å². The third kappa shape index (κ3) is 2.65. The van der Waals surface area contributed by atoms with Crippen molar-refractivity contribution in [1.82, 2.24) is 15.0 Å². The number of H-pyrrole nitrogens is 1. The largest absolute Gasteiger partial charge is 0.327 e. The SMILES string of the molecule is CCc1nc2c(C)cc(CC3CCCCC3)nc2[nH]1. The zero-order valence-corrected chi connectivity index (χ0v) is 12.0. The third-order valence-electron chi connectivity index (χ3n) is 4.30. The van der Waals surface area contributed by atoms with Crippen LogP contribution in [-0.4, -0.2) is 15.0 Å². The van der Waals surface area contributed by atoms with Crippen molar-refractivity contribution in [1.29, 1.82) is 0 Å². The van der Waals surface area contributed by atoms with Crippen LogP contribution in [-0.2, 0) is 12.8 Å². The molecular formula is C16H23N3. The maximum absolute atomic E-state index is 4.78. The highest BCUT2D eigenvalue weighted by Gasteiger charge is 2.16. The van der Waals surface area contributed by atoms with Crippen molar-refractivity contribution in [2.45, 2.75) is 58.8 Å².